The van der Waals surface area contributed by atoms with E-state index in [4.69, 9.17) is 21.1 Å². The van der Waals surface area contributed by atoms with Crippen LogP contribution in [0.25, 0.3) is 0 Å². The lowest BCUT2D eigenvalue weighted by Gasteiger charge is -2.21. The zero-order valence-electron chi connectivity index (χ0n) is 16.0. The predicted molar refractivity (Wildman–Crippen MR) is 100 cm³/mol. The number of esters is 2. The van der Waals surface area contributed by atoms with Crippen molar-refractivity contribution in [2.75, 3.05) is 20.3 Å². The number of halogens is 3. The molecule has 1 N–H and O–H groups in total. The summed E-state index contributed by atoms with van der Waals surface area (Å²) in [6.07, 6.45) is 0.929. The maximum absolute atomic E-state index is 13.4. The molecule has 0 radical (unpaired) electrons. The van der Waals surface area contributed by atoms with Gasteiger partial charge in [-0.05, 0) is 25.5 Å². The summed E-state index contributed by atoms with van der Waals surface area (Å²) in [7, 11) is 1.10. The van der Waals surface area contributed by atoms with Gasteiger partial charge in [0.25, 0.3) is 0 Å². The molecule has 0 amide bonds. The molecule has 0 saturated heterocycles. The highest BCUT2D eigenvalue weighted by Crippen LogP contribution is 2.25. The molecule has 0 fully saturated rings. The van der Waals surface area contributed by atoms with Crippen LogP contribution in [-0.2, 0) is 19.1 Å². The number of alkyl halides is 2. The highest BCUT2D eigenvalue weighted by molar-refractivity contribution is 6.32. The minimum absolute atomic E-state index is 0.0440. The molecule has 156 valence electrons. The van der Waals surface area contributed by atoms with Crippen LogP contribution in [0.4, 0.5) is 8.78 Å². The third-order valence-electron chi connectivity index (χ3n) is 3.38. The topological polar surface area (TPSA) is 73.9 Å². The van der Waals surface area contributed by atoms with Gasteiger partial charge < -0.3 is 14.2 Å². The molecule has 0 bridgehead atoms. The van der Waals surface area contributed by atoms with E-state index in [1.54, 1.807) is 24.3 Å². The minimum Gasteiger partial charge on any atom is -0.468 e. The summed E-state index contributed by atoms with van der Waals surface area (Å²) >= 11 is 6.05. The Bertz CT molecular complexity index is 691. The van der Waals surface area contributed by atoms with Crippen molar-refractivity contribution in [1.29, 1.82) is 0 Å². The summed E-state index contributed by atoms with van der Waals surface area (Å²) < 4.78 is 41.9. The number of rotatable bonds is 11. The molecule has 9 heteroatoms. The second-order valence-corrected chi connectivity index (χ2v) is 6.45. The first-order valence-electron chi connectivity index (χ1n) is 8.65. The first-order valence-corrected chi connectivity index (χ1v) is 9.02. The smallest absolute Gasteiger partial charge is 0.334 e. The number of carbonyl (C=O) groups excluding carboxylic acids is 2. The van der Waals surface area contributed by atoms with Crippen molar-refractivity contribution in [1.82, 2.24) is 5.32 Å². The van der Waals surface area contributed by atoms with Gasteiger partial charge >= 0.3 is 11.9 Å². The summed E-state index contributed by atoms with van der Waals surface area (Å²) in [5, 5.41) is 2.92. The van der Waals surface area contributed by atoms with Gasteiger partial charge in [0.15, 0.2) is 0 Å². The molecule has 0 aliphatic rings. The Balaban J connectivity index is 2.96. The van der Waals surface area contributed by atoms with Gasteiger partial charge in [-0.3, -0.25) is 10.1 Å². The van der Waals surface area contributed by atoms with E-state index in [-0.39, 0.29) is 24.7 Å². The number of methoxy groups -OCH3 is 1. The van der Waals surface area contributed by atoms with E-state index in [1.807, 2.05) is 6.92 Å². The Labute approximate surface area is 167 Å². The fourth-order valence-electron chi connectivity index (χ4n) is 2.12. The van der Waals surface area contributed by atoms with Crippen LogP contribution in [0.3, 0.4) is 0 Å². The largest absolute Gasteiger partial charge is 0.468 e. The van der Waals surface area contributed by atoms with Crippen molar-refractivity contribution in [2.45, 2.75) is 38.7 Å². The third kappa shape index (κ3) is 9.14. The zero-order valence-corrected chi connectivity index (χ0v) is 16.7. The third-order valence-corrected chi connectivity index (χ3v) is 3.69. The van der Waals surface area contributed by atoms with Gasteiger partial charge in [0.05, 0.1) is 31.4 Å². The predicted octanol–water partition coefficient (Wildman–Crippen LogP) is 3.73. The van der Waals surface area contributed by atoms with Crippen LogP contribution in [0.1, 0.15) is 26.7 Å². The highest BCUT2D eigenvalue weighted by Gasteiger charge is 2.31. The number of carbonyl (C=O) groups is 2. The van der Waals surface area contributed by atoms with Crippen LogP contribution in [0.2, 0.25) is 5.02 Å². The Hall–Kier alpha value is -2.19. The molecule has 1 atom stereocenters. The Morgan fingerprint density at radius 2 is 2.00 bits per heavy atom. The van der Waals surface area contributed by atoms with Crippen molar-refractivity contribution in [3.05, 3.63) is 41.1 Å². The first kappa shape index (κ1) is 23.8. The number of nitrogens with one attached hydrogen (secondary N) is 1. The lowest BCUT2D eigenvalue weighted by Crippen LogP contribution is -2.42. The van der Waals surface area contributed by atoms with Crippen LogP contribution in [0.15, 0.2) is 36.1 Å². The monoisotopic (exact) mass is 419 g/mol. The molecule has 0 unspecified atom stereocenters. The van der Waals surface area contributed by atoms with Gasteiger partial charge in [-0.2, -0.15) is 0 Å². The zero-order chi connectivity index (χ0) is 21.2. The number of ether oxygens (including phenoxy) is 3. The average Bonchev–Trinajstić information content (AvgIpc) is 2.63. The highest BCUT2D eigenvalue weighted by atomic mass is 35.5. The summed E-state index contributed by atoms with van der Waals surface area (Å²) in [6.45, 7) is 2.55. The summed E-state index contributed by atoms with van der Waals surface area (Å²) in [5.41, 5.74) is 0. The van der Waals surface area contributed by atoms with E-state index < -0.39 is 30.3 Å². The minimum atomic E-state index is -3.10. The second kappa shape index (κ2) is 11.6. The molecule has 1 aromatic carbocycles. The molecule has 0 aliphatic heterocycles. The number of benzene rings is 1. The molecular weight excluding hydrogens is 396 g/mol. The Morgan fingerprint density at radius 3 is 2.57 bits per heavy atom. The SMILES string of the molecule is CCCOC(=O)C=C(CN[C@@H](CC(C)(F)F)C(=O)OC)Oc1ccccc1Cl. The van der Waals surface area contributed by atoms with Crippen LogP contribution >= 0.6 is 11.6 Å². The van der Waals surface area contributed by atoms with Gasteiger partial charge in [0, 0.05) is 6.42 Å². The van der Waals surface area contributed by atoms with E-state index in [1.165, 1.54) is 0 Å². The fourth-order valence-corrected chi connectivity index (χ4v) is 2.30. The molecule has 0 saturated carbocycles. The van der Waals surface area contributed by atoms with E-state index in [0.29, 0.717) is 18.4 Å². The molecule has 28 heavy (non-hydrogen) atoms. The van der Waals surface area contributed by atoms with E-state index >= 15 is 0 Å². The standard InChI is InChI=1S/C19H24ClF2NO5/c1-4-9-27-17(24)10-13(28-16-8-6-5-7-14(16)20)12-23-15(18(25)26-3)11-19(2,21)22/h5-8,10,15,23H,4,9,11-12H2,1-3H3/t15-/m0/s1. The molecule has 0 aliphatic carbocycles. The van der Waals surface area contributed by atoms with Gasteiger partial charge in [-0.1, -0.05) is 30.7 Å². The number of para-hydroxylation sites is 1. The van der Waals surface area contributed by atoms with E-state index in [9.17, 15) is 18.4 Å². The van der Waals surface area contributed by atoms with Gasteiger partial charge in [0.2, 0.25) is 5.92 Å². The molecule has 0 heterocycles. The average molecular weight is 420 g/mol. The first-order chi connectivity index (χ1) is 13.2. The molecule has 0 spiro atoms. The lowest BCUT2D eigenvalue weighted by atomic mass is 10.1. The molecule has 6 nitrogen and oxygen atoms in total. The molecule has 1 rings (SSSR count). The van der Waals surface area contributed by atoms with Crippen LogP contribution in [0, 0.1) is 0 Å². The van der Waals surface area contributed by atoms with Gasteiger partial charge in [0.1, 0.15) is 17.6 Å². The molecule has 0 aromatic heterocycles. The number of hydrogen-bond acceptors (Lipinski definition) is 6. The van der Waals surface area contributed by atoms with Crippen LogP contribution < -0.4 is 10.1 Å². The van der Waals surface area contributed by atoms with Crippen molar-refractivity contribution in [2.24, 2.45) is 0 Å². The van der Waals surface area contributed by atoms with Crippen molar-refractivity contribution >= 4 is 23.5 Å². The van der Waals surface area contributed by atoms with E-state index in [2.05, 4.69) is 10.1 Å². The van der Waals surface area contributed by atoms with Crippen molar-refractivity contribution < 1.29 is 32.6 Å². The second-order valence-electron chi connectivity index (χ2n) is 6.04. The van der Waals surface area contributed by atoms with Crippen LogP contribution in [0.5, 0.6) is 5.75 Å². The summed E-state index contributed by atoms with van der Waals surface area (Å²) in [4.78, 5) is 23.7. The maximum Gasteiger partial charge on any atom is 0.334 e. The normalized spacial score (nSPS) is 13.0. The number of hydrogen-bond donors (Lipinski definition) is 1. The quantitative estimate of drug-likeness (QED) is 0.334. The Kier molecular flexibility index (Phi) is 9.89. The van der Waals surface area contributed by atoms with Crippen LogP contribution in [-0.4, -0.2) is 44.2 Å². The lowest BCUT2D eigenvalue weighted by molar-refractivity contribution is -0.145. The van der Waals surface area contributed by atoms with Gasteiger partial charge in [-0.15, -0.1) is 0 Å². The summed E-state index contributed by atoms with van der Waals surface area (Å²) in [6, 6.07) is 5.24. The maximum atomic E-state index is 13.4. The summed E-state index contributed by atoms with van der Waals surface area (Å²) in [5.74, 6) is -4.31. The van der Waals surface area contributed by atoms with E-state index in [0.717, 1.165) is 13.2 Å². The molecular formula is C19H24ClF2NO5. The van der Waals surface area contributed by atoms with Gasteiger partial charge in [-0.25, -0.2) is 13.6 Å². The van der Waals surface area contributed by atoms with Crippen molar-refractivity contribution in [3.63, 3.8) is 0 Å². The van der Waals surface area contributed by atoms with Crippen molar-refractivity contribution in [3.8, 4) is 5.75 Å². The fraction of sp³-hybridized carbons (Fsp3) is 0.474. The molecule has 1 aromatic rings. The Morgan fingerprint density at radius 1 is 1.32 bits per heavy atom.